The van der Waals surface area contributed by atoms with Crippen LogP contribution in [0.1, 0.15) is 41.6 Å². The Morgan fingerprint density at radius 3 is 2.27 bits per heavy atom. The molecular formula is C25H23F5N6O. The zero-order chi connectivity index (χ0) is 26.4. The van der Waals surface area contributed by atoms with Crippen molar-refractivity contribution in [1.29, 1.82) is 0 Å². The highest BCUT2D eigenvalue weighted by Gasteiger charge is 2.30. The number of benzene rings is 2. The van der Waals surface area contributed by atoms with E-state index in [2.05, 4.69) is 30.9 Å². The van der Waals surface area contributed by atoms with Gasteiger partial charge in [-0.1, -0.05) is 6.07 Å². The molecule has 1 aromatic heterocycles. The summed E-state index contributed by atoms with van der Waals surface area (Å²) in [5.74, 6) is -2.80. The molecule has 12 heteroatoms. The predicted octanol–water partition coefficient (Wildman–Crippen LogP) is 5.39. The normalized spacial score (nSPS) is 18.2. The molecular weight excluding hydrogens is 495 g/mol. The summed E-state index contributed by atoms with van der Waals surface area (Å²) in [5.41, 5.74) is -1.03. The number of aromatic nitrogens is 2. The first-order valence-corrected chi connectivity index (χ1v) is 11.5. The van der Waals surface area contributed by atoms with Crippen LogP contribution in [-0.4, -0.2) is 33.9 Å². The molecule has 0 spiro atoms. The molecule has 1 aliphatic rings. The minimum absolute atomic E-state index is 0.0516. The fraction of sp³-hybridized carbons (Fsp3) is 0.280. The molecule has 1 saturated carbocycles. The highest BCUT2D eigenvalue weighted by molar-refractivity contribution is 6.06. The van der Waals surface area contributed by atoms with Gasteiger partial charge in [-0.2, -0.15) is 18.2 Å². The first-order chi connectivity index (χ1) is 17.7. The van der Waals surface area contributed by atoms with Crippen molar-refractivity contribution in [2.75, 3.05) is 10.6 Å². The van der Waals surface area contributed by atoms with Crippen LogP contribution in [0.3, 0.4) is 0 Å². The number of guanidine groups is 1. The summed E-state index contributed by atoms with van der Waals surface area (Å²) >= 11 is 0. The van der Waals surface area contributed by atoms with Crippen molar-refractivity contribution in [3.63, 3.8) is 0 Å². The van der Waals surface area contributed by atoms with Gasteiger partial charge in [0.05, 0.1) is 5.56 Å². The number of nitrogens with zero attached hydrogens (tertiary/aromatic N) is 3. The summed E-state index contributed by atoms with van der Waals surface area (Å²) in [4.78, 5) is 24.9. The van der Waals surface area contributed by atoms with E-state index in [1.165, 1.54) is 12.1 Å². The predicted molar refractivity (Wildman–Crippen MR) is 128 cm³/mol. The van der Waals surface area contributed by atoms with Gasteiger partial charge in [0.2, 0.25) is 11.9 Å². The maximum atomic E-state index is 13.6. The lowest BCUT2D eigenvalue weighted by molar-refractivity contribution is -0.137. The van der Waals surface area contributed by atoms with Gasteiger partial charge in [0, 0.05) is 35.7 Å². The second-order valence-electron chi connectivity index (χ2n) is 8.51. The Morgan fingerprint density at radius 2 is 1.59 bits per heavy atom. The molecule has 0 saturated heterocycles. The minimum atomic E-state index is -4.56. The minimum Gasteiger partial charge on any atom is -0.353 e. The van der Waals surface area contributed by atoms with E-state index in [-0.39, 0.29) is 29.3 Å². The molecule has 0 aliphatic heterocycles. The van der Waals surface area contributed by atoms with Gasteiger partial charge >= 0.3 is 6.18 Å². The number of carbonyl (C=O) groups excluding carboxylic acids is 1. The number of nitrogens with one attached hydrogen (secondary N) is 3. The maximum Gasteiger partial charge on any atom is 0.416 e. The summed E-state index contributed by atoms with van der Waals surface area (Å²) in [6.45, 7) is 0. The van der Waals surface area contributed by atoms with Crippen LogP contribution in [0.25, 0.3) is 0 Å². The van der Waals surface area contributed by atoms with Crippen LogP contribution in [0.2, 0.25) is 0 Å². The third kappa shape index (κ3) is 7.21. The van der Waals surface area contributed by atoms with Crippen LogP contribution in [-0.2, 0) is 6.18 Å². The fourth-order valence-electron chi connectivity index (χ4n) is 3.93. The molecule has 0 atom stereocenters. The molecule has 1 amide bonds. The number of carbonyl (C=O) groups is 1. The molecule has 37 heavy (non-hydrogen) atoms. The number of halogens is 5. The van der Waals surface area contributed by atoms with Crippen LogP contribution in [0.4, 0.5) is 33.6 Å². The largest absolute Gasteiger partial charge is 0.416 e. The Hall–Kier alpha value is -4.09. The smallest absolute Gasteiger partial charge is 0.353 e. The maximum absolute atomic E-state index is 13.6. The van der Waals surface area contributed by atoms with Crippen molar-refractivity contribution in [2.24, 2.45) is 4.99 Å². The van der Waals surface area contributed by atoms with E-state index < -0.39 is 29.3 Å². The number of alkyl halides is 3. The van der Waals surface area contributed by atoms with Crippen molar-refractivity contribution in [1.82, 2.24) is 15.3 Å². The summed E-state index contributed by atoms with van der Waals surface area (Å²) in [7, 11) is 0. The molecule has 1 heterocycles. The lowest BCUT2D eigenvalue weighted by Crippen LogP contribution is -2.43. The average Bonchev–Trinajstić information content (AvgIpc) is 2.87. The van der Waals surface area contributed by atoms with Gasteiger partial charge in [-0.3, -0.25) is 4.79 Å². The van der Waals surface area contributed by atoms with Crippen LogP contribution < -0.4 is 16.0 Å². The zero-order valence-corrected chi connectivity index (χ0v) is 19.4. The molecule has 0 radical (unpaired) electrons. The van der Waals surface area contributed by atoms with E-state index in [1.54, 1.807) is 18.5 Å². The van der Waals surface area contributed by atoms with E-state index in [1.807, 2.05) is 0 Å². The van der Waals surface area contributed by atoms with E-state index in [9.17, 15) is 26.7 Å². The van der Waals surface area contributed by atoms with Crippen molar-refractivity contribution in [3.8, 4) is 0 Å². The molecule has 1 fully saturated rings. The highest BCUT2D eigenvalue weighted by atomic mass is 19.4. The SMILES string of the molecule is O=C(/N=C(/Nc1cccc(C(F)(F)F)c1)N[C@H]1CC[C@H](Nc2ncccn2)CC1)c1ccc(F)c(F)c1. The zero-order valence-electron chi connectivity index (χ0n) is 19.4. The number of rotatable bonds is 5. The van der Waals surface area contributed by atoms with Crippen molar-refractivity contribution < 1.29 is 26.7 Å². The Kier molecular flexibility index (Phi) is 7.95. The molecule has 0 unspecified atom stereocenters. The van der Waals surface area contributed by atoms with Gasteiger partial charge in [0.1, 0.15) is 0 Å². The Morgan fingerprint density at radius 1 is 0.892 bits per heavy atom. The molecule has 2 aromatic carbocycles. The molecule has 3 N–H and O–H groups in total. The second kappa shape index (κ2) is 11.3. The first-order valence-electron chi connectivity index (χ1n) is 11.5. The molecule has 7 nitrogen and oxygen atoms in total. The molecule has 3 aromatic rings. The lowest BCUT2D eigenvalue weighted by atomic mass is 9.91. The van der Waals surface area contributed by atoms with Gasteiger partial charge in [-0.15, -0.1) is 0 Å². The van der Waals surface area contributed by atoms with Crippen LogP contribution in [0.5, 0.6) is 0 Å². The number of hydrogen-bond donors (Lipinski definition) is 3. The topological polar surface area (TPSA) is 91.3 Å². The van der Waals surface area contributed by atoms with Gasteiger partial charge < -0.3 is 16.0 Å². The highest BCUT2D eigenvalue weighted by Crippen LogP contribution is 2.30. The van der Waals surface area contributed by atoms with Crippen LogP contribution in [0, 0.1) is 11.6 Å². The number of anilines is 2. The number of hydrogen-bond acceptors (Lipinski definition) is 4. The van der Waals surface area contributed by atoms with Gasteiger partial charge in [-0.25, -0.2) is 18.7 Å². The molecule has 4 rings (SSSR count). The van der Waals surface area contributed by atoms with E-state index in [0.29, 0.717) is 24.9 Å². The van der Waals surface area contributed by atoms with Gasteiger partial charge in [0.15, 0.2) is 11.6 Å². The van der Waals surface area contributed by atoms with Crippen molar-refractivity contribution >= 4 is 23.5 Å². The van der Waals surface area contributed by atoms with Crippen molar-refractivity contribution in [2.45, 2.75) is 43.9 Å². The Bertz CT molecular complexity index is 1260. The Labute approximate surface area is 209 Å². The molecule has 194 valence electrons. The quantitative estimate of drug-likeness (QED) is 0.238. The standard InChI is InChI=1S/C25H23F5N6O/c26-20-10-5-15(13-21(20)27)22(37)36-24(35-19-4-1-3-16(14-19)25(28,29)30)34-18-8-6-17(7-9-18)33-23-31-11-2-12-32-23/h1-5,10-14,17-18H,6-9H2,(H,31,32,33)(H2,34,35,36,37)/t17-,18-. The third-order valence-electron chi connectivity index (χ3n) is 5.80. The average molecular weight is 518 g/mol. The van der Waals surface area contributed by atoms with E-state index in [0.717, 1.165) is 37.1 Å². The van der Waals surface area contributed by atoms with Crippen LogP contribution >= 0.6 is 0 Å². The summed E-state index contributed by atoms with van der Waals surface area (Å²) in [5, 5.41) is 9.07. The number of amides is 1. The summed E-state index contributed by atoms with van der Waals surface area (Å²) in [6, 6.07) is 8.72. The monoisotopic (exact) mass is 518 g/mol. The van der Waals surface area contributed by atoms with Crippen LogP contribution in [0.15, 0.2) is 65.9 Å². The molecule has 0 bridgehead atoms. The third-order valence-corrected chi connectivity index (χ3v) is 5.80. The summed E-state index contributed by atoms with van der Waals surface area (Å²) < 4.78 is 66.4. The summed E-state index contributed by atoms with van der Waals surface area (Å²) in [6.07, 6.45) is 1.51. The molecule has 1 aliphatic carbocycles. The lowest BCUT2D eigenvalue weighted by Gasteiger charge is -2.30. The fourth-order valence-corrected chi connectivity index (χ4v) is 3.93. The first kappa shape index (κ1) is 26.0. The second-order valence-corrected chi connectivity index (χ2v) is 8.51. The Balaban J connectivity index is 1.49. The number of aliphatic imine (C=N–C) groups is 1. The van der Waals surface area contributed by atoms with E-state index >= 15 is 0 Å². The van der Waals surface area contributed by atoms with E-state index in [4.69, 9.17) is 0 Å². The van der Waals surface area contributed by atoms with Gasteiger partial charge in [-0.05, 0) is 68.1 Å². The van der Waals surface area contributed by atoms with Gasteiger partial charge in [0.25, 0.3) is 5.91 Å². The van der Waals surface area contributed by atoms with Crippen molar-refractivity contribution in [3.05, 3.63) is 83.7 Å².